The predicted molar refractivity (Wildman–Crippen MR) is 87.3 cm³/mol. The van der Waals surface area contributed by atoms with Crippen LogP contribution in [0.4, 0.5) is 0 Å². The molecular formula is C16H13N3O2S. The average Bonchev–Trinajstić information content (AvgIpc) is 2.80. The standard InChI is InChI=1S/C16H13N3O2S/c20-22(21)15-11-5-4-10-14(15)16(19-22)18-17-12-6-9-13-7-2-1-3-8-13/h1-12H,(H,18,19)/b9-6+,17-12?. The van der Waals surface area contributed by atoms with E-state index in [0.717, 1.165) is 5.56 Å². The van der Waals surface area contributed by atoms with Crippen LogP contribution < -0.4 is 5.43 Å². The van der Waals surface area contributed by atoms with E-state index in [-0.39, 0.29) is 10.7 Å². The molecule has 0 radical (unpaired) electrons. The Kier molecular flexibility index (Phi) is 3.84. The number of fused-ring (bicyclic) bond motifs is 1. The van der Waals surface area contributed by atoms with Crippen molar-refractivity contribution in [1.29, 1.82) is 0 Å². The van der Waals surface area contributed by atoms with E-state index in [9.17, 15) is 8.42 Å². The van der Waals surface area contributed by atoms with Gasteiger partial charge in [-0.25, -0.2) is 0 Å². The topological polar surface area (TPSA) is 70.9 Å². The predicted octanol–water partition coefficient (Wildman–Crippen LogP) is 2.42. The SMILES string of the molecule is O=S1(=O)N=C(NN=C/C=C/c2ccccc2)c2ccccc21. The molecule has 5 nitrogen and oxygen atoms in total. The van der Waals surface area contributed by atoms with Gasteiger partial charge in [-0.3, -0.25) is 5.43 Å². The van der Waals surface area contributed by atoms with E-state index in [1.807, 2.05) is 36.4 Å². The Bertz CT molecular complexity index is 869. The minimum absolute atomic E-state index is 0.201. The molecule has 0 bridgehead atoms. The summed E-state index contributed by atoms with van der Waals surface area (Å²) in [5, 5.41) is 3.98. The Labute approximate surface area is 128 Å². The number of hydrazone groups is 1. The van der Waals surface area contributed by atoms with E-state index < -0.39 is 10.0 Å². The van der Waals surface area contributed by atoms with Gasteiger partial charge >= 0.3 is 0 Å². The zero-order valence-electron chi connectivity index (χ0n) is 11.5. The van der Waals surface area contributed by atoms with E-state index in [1.54, 1.807) is 30.5 Å². The van der Waals surface area contributed by atoms with Gasteiger partial charge in [-0.2, -0.15) is 13.5 Å². The summed E-state index contributed by atoms with van der Waals surface area (Å²) in [7, 11) is -3.61. The van der Waals surface area contributed by atoms with Gasteiger partial charge in [0.2, 0.25) is 0 Å². The van der Waals surface area contributed by atoms with Crippen molar-refractivity contribution in [2.24, 2.45) is 9.50 Å². The first-order valence-electron chi connectivity index (χ1n) is 6.62. The monoisotopic (exact) mass is 311 g/mol. The third-order valence-corrected chi connectivity index (χ3v) is 4.39. The van der Waals surface area contributed by atoms with Crippen LogP contribution in [0.15, 0.2) is 75.1 Å². The molecule has 0 spiro atoms. The maximum atomic E-state index is 11.8. The third-order valence-electron chi connectivity index (χ3n) is 3.05. The van der Waals surface area contributed by atoms with Crippen LogP contribution in [0.3, 0.4) is 0 Å². The van der Waals surface area contributed by atoms with Crippen LogP contribution in [-0.2, 0) is 10.0 Å². The number of amidine groups is 1. The van der Waals surface area contributed by atoms with Crippen molar-refractivity contribution in [2.45, 2.75) is 4.90 Å². The van der Waals surface area contributed by atoms with E-state index >= 15 is 0 Å². The molecule has 0 fully saturated rings. The zero-order chi connectivity index (χ0) is 15.4. The van der Waals surface area contributed by atoms with Gasteiger partial charge < -0.3 is 0 Å². The van der Waals surface area contributed by atoms with E-state index in [4.69, 9.17) is 0 Å². The molecule has 0 saturated carbocycles. The number of allylic oxidation sites excluding steroid dienone is 1. The van der Waals surface area contributed by atoms with Crippen molar-refractivity contribution in [3.63, 3.8) is 0 Å². The molecule has 2 aromatic carbocycles. The lowest BCUT2D eigenvalue weighted by molar-refractivity contribution is 0.599. The summed E-state index contributed by atoms with van der Waals surface area (Å²) in [6.45, 7) is 0. The van der Waals surface area contributed by atoms with Crippen molar-refractivity contribution >= 4 is 28.1 Å². The van der Waals surface area contributed by atoms with Crippen molar-refractivity contribution in [3.8, 4) is 0 Å². The lowest BCUT2D eigenvalue weighted by Gasteiger charge is -1.99. The molecule has 3 rings (SSSR count). The van der Waals surface area contributed by atoms with Crippen molar-refractivity contribution in [1.82, 2.24) is 5.43 Å². The lowest BCUT2D eigenvalue weighted by atomic mass is 10.2. The fourth-order valence-electron chi connectivity index (χ4n) is 2.05. The first-order valence-corrected chi connectivity index (χ1v) is 8.06. The van der Waals surface area contributed by atoms with Crippen LogP contribution in [-0.4, -0.2) is 20.5 Å². The summed E-state index contributed by atoms with van der Waals surface area (Å²) in [6, 6.07) is 16.4. The highest BCUT2D eigenvalue weighted by atomic mass is 32.2. The zero-order valence-corrected chi connectivity index (χ0v) is 12.4. The summed E-state index contributed by atoms with van der Waals surface area (Å²) in [5.41, 5.74) is 4.26. The van der Waals surface area contributed by atoms with Crippen LogP contribution >= 0.6 is 0 Å². The number of nitrogens with one attached hydrogen (secondary N) is 1. The van der Waals surface area contributed by atoms with Gasteiger partial charge in [0.25, 0.3) is 10.0 Å². The van der Waals surface area contributed by atoms with Gasteiger partial charge in [-0.05, 0) is 23.8 Å². The molecule has 0 aliphatic carbocycles. The summed E-state index contributed by atoms with van der Waals surface area (Å²) in [6.07, 6.45) is 5.20. The second-order valence-corrected chi connectivity index (χ2v) is 6.14. The second-order valence-electron chi connectivity index (χ2n) is 4.57. The molecule has 0 aromatic heterocycles. The number of rotatable bonds is 3. The molecule has 1 aliphatic heterocycles. The Hall–Kier alpha value is -2.73. The lowest BCUT2D eigenvalue weighted by Crippen LogP contribution is -2.16. The molecule has 22 heavy (non-hydrogen) atoms. The molecule has 110 valence electrons. The molecule has 2 aromatic rings. The first kappa shape index (κ1) is 14.2. The maximum Gasteiger partial charge on any atom is 0.285 e. The van der Waals surface area contributed by atoms with Crippen molar-refractivity contribution in [3.05, 3.63) is 71.8 Å². The Morgan fingerprint density at radius 2 is 1.73 bits per heavy atom. The highest BCUT2D eigenvalue weighted by Gasteiger charge is 2.27. The van der Waals surface area contributed by atoms with Gasteiger partial charge in [-0.15, -0.1) is 4.40 Å². The summed E-state index contributed by atoms with van der Waals surface area (Å²) >= 11 is 0. The van der Waals surface area contributed by atoms with Crippen LogP contribution in [0.1, 0.15) is 11.1 Å². The van der Waals surface area contributed by atoms with E-state index in [2.05, 4.69) is 14.9 Å². The second kappa shape index (κ2) is 5.95. The molecule has 0 atom stereocenters. The number of nitrogens with zero attached hydrogens (tertiary/aromatic N) is 2. The highest BCUT2D eigenvalue weighted by molar-refractivity contribution is 7.90. The molecule has 0 unspecified atom stereocenters. The Morgan fingerprint density at radius 1 is 1.00 bits per heavy atom. The van der Waals surface area contributed by atoms with Crippen LogP contribution in [0.5, 0.6) is 0 Å². The largest absolute Gasteiger partial charge is 0.285 e. The van der Waals surface area contributed by atoms with Gasteiger partial charge in [0, 0.05) is 11.8 Å². The van der Waals surface area contributed by atoms with Crippen LogP contribution in [0.2, 0.25) is 0 Å². The van der Waals surface area contributed by atoms with Crippen molar-refractivity contribution < 1.29 is 8.42 Å². The van der Waals surface area contributed by atoms with Gasteiger partial charge in [0.1, 0.15) is 4.90 Å². The van der Waals surface area contributed by atoms with Crippen LogP contribution in [0, 0.1) is 0 Å². The van der Waals surface area contributed by atoms with Crippen molar-refractivity contribution in [2.75, 3.05) is 0 Å². The number of hydrogen-bond acceptors (Lipinski definition) is 4. The van der Waals surface area contributed by atoms with Crippen LogP contribution in [0.25, 0.3) is 6.08 Å². The smallest absolute Gasteiger partial charge is 0.260 e. The number of hydrogen-bond donors (Lipinski definition) is 1. The quantitative estimate of drug-likeness (QED) is 0.699. The minimum atomic E-state index is -3.61. The van der Waals surface area contributed by atoms with Gasteiger partial charge in [0.05, 0.1) is 0 Å². The maximum absolute atomic E-state index is 11.8. The highest BCUT2D eigenvalue weighted by Crippen LogP contribution is 2.24. The summed E-state index contributed by atoms with van der Waals surface area (Å²) in [5.74, 6) is 0.236. The Morgan fingerprint density at radius 3 is 2.55 bits per heavy atom. The minimum Gasteiger partial charge on any atom is -0.260 e. The molecule has 0 saturated heterocycles. The van der Waals surface area contributed by atoms with Gasteiger partial charge in [-0.1, -0.05) is 48.5 Å². The van der Waals surface area contributed by atoms with E-state index in [0.29, 0.717) is 5.56 Å². The molecule has 1 heterocycles. The number of benzene rings is 2. The van der Waals surface area contributed by atoms with E-state index in [1.165, 1.54) is 6.07 Å². The summed E-state index contributed by atoms with van der Waals surface area (Å²) < 4.78 is 27.4. The normalized spacial score (nSPS) is 15.9. The fraction of sp³-hybridized carbons (Fsp3) is 0. The third kappa shape index (κ3) is 2.96. The Balaban J connectivity index is 1.70. The molecule has 6 heteroatoms. The first-order chi connectivity index (χ1) is 10.7. The fourth-order valence-corrected chi connectivity index (χ4v) is 3.22. The summed E-state index contributed by atoms with van der Waals surface area (Å²) in [4.78, 5) is 0.201. The molecule has 1 N–H and O–H groups in total. The molecule has 0 amide bonds. The molecule has 1 aliphatic rings. The number of sulfonamides is 1. The van der Waals surface area contributed by atoms with Gasteiger partial charge in [0.15, 0.2) is 5.84 Å². The molecular weight excluding hydrogens is 298 g/mol. The average molecular weight is 311 g/mol.